The monoisotopic (exact) mass is 178 g/mol. The Kier molecular flexibility index (Phi) is 4.13. The van der Waals surface area contributed by atoms with Crippen LogP contribution in [0.25, 0.3) is 0 Å². The lowest BCUT2D eigenvalue weighted by Crippen LogP contribution is -2.30. The normalized spacial score (nSPS) is 10.0. The van der Waals surface area contributed by atoms with E-state index in [0.717, 1.165) is 11.0 Å². The summed E-state index contributed by atoms with van der Waals surface area (Å²) in [5, 5.41) is 1.88. The molecule has 0 unspecified atom stereocenters. The van der Waals surface area contributed by atoms with Gasteiger partial charge < -0.3 is 0 Å². The first-order valence-electron chi connectivity index (χ1n) is 2.37. The minimum absolute atomic E-state index is 0.785. The second-order valence-electron chi connectivity index (χ2n) is 1.75. The second kappa shape index (κ2) is 4.06. The highest BCUT2D eigenvalue weighted by Crippen LogP contribution is 1.95. The first-order valence-corrected chi connectivity index (χ1v) is 3.16. The zero-order valence-corrected chi connectivity index (χ0v) is 6.83. The molecule has 48 valence electrons. The molecule has 0 radical (unpaired) electrons. The third kappa shape index (κ3) is 6.14. The maximum Gasteiger partial charge on any atom is 0.0413 e. The van der Waals surface area contributed by atoms with E-state index in [0.29, 0.717) is 0 Å². The summed E-state index contributed by atoms with van der Waals surface area (Å²) in [5.41, 5.74) is 3.03. The predicted molar refractivity (Wildman–Crippen MR) is 39.8 cm³/mol. The van der Waals surface area contributed by atoms with Gasteiger partial charge in [-0.2, -0.15) is 0 Å². The highest BCUT2D eigenvalue weighted by atomic mass is 79.9. The van der Waals surface area contributed by atoms with Gasteiger partial charge >= 0.3 is 0 Å². The van der Waals surface area contributed by atoms with Crippen molar-refractivity contribution in [3.8, 4) is 0 Å². The molecular weight excluding hydrogens is 168 g/mol. The predicted octanol–water partition coefficient (Wildman–Crippen LogP) is 0.961. The molecule has 0 bridgehead atoms. The average molecular weight is 179 g/mol. The van der Waals surface area contributed by atoms with Gasteiger partial charge in [-0.25, -0.2) is 0 Å². The Morgan fingerprint density at radius 3 is 2.38 bits per heavy atom. The van der Waals surface area contributed by atoms with Crippen LogP contribution in [0.2, 0.25) is 0 Å². The average Bonchev–Trinajstić information content (AvgIpc) is 1.61. The van der Waals surface area contributed by atoms with Gasteiger partial charge in [0.05, 0.1) is 0 Å². The molecule has 0 aromatic rings. The summed E-state index contributed by atoms with van der Waals surface area (Å²) >= 11 is 3.22. The molecule has 0 aliphatic rings. The van der Waals surface area contributed by atoms with Crippen molar-refractivity contribution >= 4 is 15.9 Å². The number of rotatable bonds is 3. The van der Waals surface area contributed by atoms with Crippen molar-refractivity contribution in [2.75, 3.05) is 20.6 Å². The van der Waals surface area contributed by atoms with Crippen LogP contribution in [0.1, 0.15) is 0 Å². The number of halogens is 1. The largest absolute Gasteiger partial charge is 0.251 e. The van der Waals surface area contributed by atoms with Gasteiger partial charge in [-0.15, -0.1) is 0 Å². The van der Waals surface area contributed by atoms with E-state index in [4.69, 9.17) is 0 Å². The Hall–Kier alpha value is 0.140. The molecule has 0 heterocycles. The lowest BCUT2D eigenvalue weighted by atomic mass is 10.6. The summed E-state index contributed by atoms with van der Waals surface area (Å²) in [6.45, 7) is 4.44. The number of hydrogen-bond donors (Lipinski definition) is 1. The van der Waals surface area contributed by atoms with Crippen LogP contribution < -0.4 is 5.43 Å². The quantitative estimate of drug-likeness (QED) is 0.649. The summed E-state index contributed by atoms with van der Waals surface area (Å²) in [6.07, 6.45) is 0. The van der Waals surface area contributed by atoms with Crippen LogP contribution in [-0.2, 0) is 0 Å². The van der Waals surface area contributed by atoms with Gasteiger partial charge in [-0.3, -0.25) is 10.4 Å². The summed E-state index contributed by atoms with van der Waals surface area (Å²) < 4.78 is 0.964. The number of hydrazine groups is 1. The summed E-state index contributed by atoms with van der Waals surface area (Å²) in [5.74, 6) is 0. The molecule has 3 heteroatoms. The highest BCUT2D eigenvalue weighted by Gasteiger charge is 1.86. The molecule has 0 aromatic heterocycles. The van der Waals surface area contributed by atoms with Crippen LogP contribution in [0.4, 0.5) is 0 Å². The molecule has 0 atom stereocenters. The van der Waals surface area contributed by atoms with E-state index in [1.54, 1.807) is 0 Å². The standard InChI is InChI=1S/C5H11BrN2/c1-5(6)4-7-8(2)3/h7H,1,4H2,2-3H3. The zero-order valence-electron chi connectivity index (χ0n) is 5.24. The van der Waals surface area contributed by atoms with E-state index in [1.807, 2.05) is 19.1 Å². The van der Waals surface area contributed by atoms with Crippen LogP contribution in [0, 0.1) is 0 Å². The SMILES string of the molecule is C=C(Br)CNN(C)C. The van der Waals surface area contributed by atoms with Gasteiger partial charge in [0.15, 0.2) is 0 Å². The van der Waals surface area contributed by atoms with E-state index < -0.39 is 0 Å². The fourth-order valence-electron chi connectivity index (χ4n) is 0.244. The minimum atomic E-state index is 0.785. The van der Waals surface area contributed by atoms with Gasteiger partial charge in [0.2, 0.25) is 0 Å². The van der Waals surface area contributed by atoms with E-state index in [9.17, 15) is 0 Å². The third-order valence-electron chi connectivity index (χ3n) is 0.587. The van der Waals surface area contributed by atoms with Crippen LogP contribution in [0.15, 0.2) is 11.1 Å². The number of nitrogens with zero attached hydrogens (tertiary/aromatic N) is 1. The Morgan fingerprint density at radius 2 is 2.25 bits per heavy atom. The van der Waals surface area contributed by atoms with E-state index in [2.05, 4.69) is 27.9 Å². The first kappa shape index (κ1) is 8.14. The van der Waals surface area contributed by atoms with Crippen molar-refractivity contribution in [1.29, 1.82) is 0 Å². The van der Waals surface area contributed by atoms with Crippen LogP contribution >= 0.6 is 15.9 Å². The van der Waals surface area contributed by atoms with Gasteiger partial charge in [0.25, 0.3) is 0 Å². The molecule has 8 heavy (non-hydrogen) atoms. The van der Waals surface area contributed by atoms with Crippen molar-refractivity contribution in [2.45, 2.75) is 0 Å². The van der Waals surface area contributed by atoms with E-state index in [-0.39, 0.29) is 0 Å². The van der Waals surface area contributed by atoms with Gasteiger partial charge in [-0.05, 0) is 0 Å². The molecule has 2 nitrogen and oxygen atoms in total. The Balaban J connectivity index is 3.05. The molecule has 0 spiro atoms. The number of hydrogen-bond acceptors (Lipinski definition) is 2. The molecule has 0 amide bonds. The van der Waals surface area contributed by atoms with E-state index >= 15 is 0 Å². The Morgan fingerprint density at radius 1 is 1.75 bits per heavy atom. The smallest absolute Gasteiger partial charge is 0.0413 e. The van der Waals surface area contributed by atoms with Crippen molar-refractivity contribution in [3.63, 3.8) is 0 Å². The van der Waals surface area contributed by atoms with Gasteiger partial charge in [-0.1, -0.05) is 22.5 Å². The molecular formula is C5H11BrN2. The van der Waals surface area contributed by atoms with Gasteiger partial charge in [0, 0.05) is 25.1 Å². The maximum absolute atomic E-state index is 3.65. The highest BCUT2D eigenvalue weighted by molar-refractivity contribution is 9.11. The molecule has 0 rings (SSSR count). The first-order chi connectivity index (χ1) is 3.63. The van der Waals surface area contributed by atoms with Crippen molar-refractivity contribution in [3.05, 3.63) is 11.1 Å². The van der Waals surface area contributed by atoms with Crippen LogP contribution in [0.3, 0.4) is 0 Å². The van der Waals surface area contributed by atoms with E-state index in [1.165, 1.54) is 0 Å². The van der Waals surface area contributed by atoms with Crippen LogP contribution in [-0.4, -0.2) is 25.6 Å². The van der Waals surface area contributed by atoms with Crippen molar-refractivity contribution in [2.24, 2.45) is 0 Å². The fraction of sp³-hybridized carbons (Fsp3) is 0.600. The fourth-order valence-corrected chi connectivity index (χ4v) is 0.369. The summed E-state index contributed by atoms with van der Waals surface area (Å²) in [7, 11) is 3.88. The second-order valence-corrected chi connectivity index (χ2v) is 2.87. The maximum atomic E-state index is 3.65. The molecule has 0 aromatic carbocycles. The zero-order chi connectivity index (χ0) is 6.57. The summed E-state index contributed by atoms with van der Waals surface area (Å²) in [4.78, 5) is 0. The molecule has 0 fully saturated rings. The van der Waals surface area contributed by atoms with Crippen molar-refractivity contribution < 1.29 is 0 Å². The van der Waals surface area contributed by atoms with Crippen molar-refractivity contribution in [1.82, 2.24) is 10.4 Å². The molecule has 0 saturated heterocycles. The summed E-state index contributed by atoms with van der Waals surface area (Å²) in [6, 6.07) is 0. The Labute approximate surface area is 58.7 Å². The lowest BCUT2D eigenvalue weighted by Gasteiger charge is -2.09. The van der Waals surface area contributed by atoms with Crippen LogP contribution in [0.5, 0.6) is 0 Å². The topological polar surface area (TPSA) is 15.3 Å². The molecule has 0 aliphatic carbocycles. The molecule has 0 saturated carbocycles. The van der Waals surface area contributed by atoms with Gasteiger partial charge in [0.1, 0.15) is 0 Å². The lowest BCUT2D eigenvalue weighted by molar-refractivity contribution is 0.306. The molecule has 1 N–H and O–H groups in total. The third-order valence-corrected chi connectivity index (χ3v) is 0.867. The molecule has 0 aliphatic heterocycles. The number of nitrogens with one attached hydrogen (secondary N) is 1. The minimum Gasteiger partial charge on any atom is -0.251 e. The Bertz CT molecular complexity index is 80.5.